The number of rotatable bonds is 0. The first-order valence-corrected chi connectivity index (χ1v) is 1.00. The molecule has 0 atom stereocenters. The molecule has 1 nitrogen and oxygen atoms in total. The maximum Gasteiger partial charge on any atom is -0.0167 e. The van der Waals surface area contributed by atoms with Gasteiger partial charge in [-0.15, -0.1) is 17.0 Å². The maximum absolute atomic E-state index is 2.75. The van der Waals surface area contributed by atoms with Crippen LogP contribution in [0.5, 0.6) is 0 Å². The van der Waals surface area contributed by atoms with E-state index in [2.05, 4.69) is 5.32 Å². The summed E-state index contributed by atoms with van der Waals surface area (Å²) in [5.74, 6) is 0. The Morgan fingerprint density at radius 2 is 1.20 bits per heavy atom. The van der Waals surface area contributed by atoms with Crippen molar-refractivity contribution in [3.05, 3.63) is 0 Å². The van der Waals surface area contributed by atoms with E-state index < -0.39 is 0 Å². The van der Waals surface area contributed by atoms with Gasteiger partial charge in [0.15, 0.2) is 0 Å². The molecule has 0 aliphatic heterocycles. The normalized spacial score (nSPS) is 3.60. The van der Waals surface area contributed by atoms with Crippen LogP contribution in [0.2, 0.25) is 0 Å². The Hall–Kier alpha value is 0.790. The minimum absolute atomic E-state index is 0. The molecule has 1 N–H and O–H groups in total. The van der Waals surface area contributed by atoms with Crippen LogP contribution in [0.4, 0.5) is 0 Å². The Morgan fingerprint density at radius 1 is 1.20 bits per heavy atom. The van der Waals surface area contributed by atoms with Gasteiger partial charge in [-0.05, 0) is 14.1 Å². The second-order valence-corrected chi connectivity index (χ2v) is 0.500. The first-order valence-electron chi connectivity index (χ1n) is 1.00. The summed E-state index contributed by atoms with van der Waals surface area (Å²) in [5.41, 5.74) is 0. The summed E-state index contributed by atoms with van der Waals surface area (Å²) in [5, 5.41) is 2.75. The van der Waals surface area contributed by atoms with Gasteiger partial charge in [-0.2, -0.15) is 13.5 Å². The third kappa shape index (κ3) is 59.7. The largest absolute Gasteiger partial charge is 0.323 e. The lowest BCUT2D eigenvalue weighted by Gasteiger charge is -1.59. The Balaban J connectivity index is -0.0000000200. The fourth-order valence-corrected chi connectivity index (χ4v) is 0. The highest BCUT2D eigenvalue weighted by molar-refractivity contribution is 8.93. The van der Waals surface area contributed by atoms with E-state index in [1.54, 1.807) is 0 Å². The number of halogens is 1. The van der Waals surface area contributed by atoms with Crippen LogP contribution in [0.25, 0.3) is 0 Å². The van der Waals surface area contributed by atoms with Gasteiger partial charge in [0, 0.05) is 0 Å². The van der Waals surface area contributed by atoms with E-state index in [1.165, 1.54) is 0 Å². The lowest BCUT2D eigenvalue weighted by Crippen LogP contribution is -1.89. The average molecular weight is 160 g/mol. The SMILES string of the molecule is Br.CNC.S. The molecule has 36 valence electrons. The fraction of sp³-hybridized carbons (Fsp3) is 1.00. The Bertz CT molecular complexity index is 9.61. The van der Waals surface area contributed by atoms with Gasteiger partial charge in [0.25, 0.3) is 0 Å². The summed E-state index contributed by atoms with van der Waals surface area (Å²) in [7, 11) is 3.75. The molecule has 3 heteroatoms. The van der Waals surface area contributed by atoms with Crippen molar-refractivity contribution in [3.63, 3.8) is 0 Å². The smallest absolute Gasteiger partial charge is 0.0167 e. The molecular formula is C2H10BrNS. The van der Waals surface area contributed by atoms with Gasteiger partial charge >= 0.3 is 0 Å². The molecule has 0 bridgehead atoms. The van der Waals surface area contributed by atoms with Crippen molar-refractivity contribution in [2.75, 3.05) is 14.1 Å². The Labute approximate surface area is 50.4 Å². The molecule has 0 rings (SSSR count). The highest BCUT2D eigenvalue weighted by Crippen LogP contribution is 0.981. The lowest BCUT2D eigenvalue weighted by molar-refractivity contribution is 1.02. The van der Waals surface area contributed by atoms with Crippen LogP contribution in [0, 0.1) is 0 Å². The van der Waals surface area contributed by atoms with Crippen molar-refractivity contribution in [1.82, 2.24) is 5.32 Å². The number of hydrogen-bond acceptors (Lipinski definition) is 1. The Kier molecular flexibility index (Phi) is 73.3. The molecule has 0 spiro atoms. The first-order chi connectivity index (χ1) is 1.41. The monoisotopic (exact) mass is 159 g/mol. The van der Waals surface area contributed by atoms with Crippen molar-refractivity contribution >= 4 is 30.5 Å². The summed E-state index contributed by atoms with van der Waals surface area (Å²) in [6, 6.07) is 0. The Morgan fingerprint density at radius 3 is 1.20 bits per heavy atom. The van der Waals surface area contributed by atoms with E-state index in [0.717, 1.165) is 0 Å². The molecule has 0 amide bonds. The van der Waals surface area contributed by atoms with Gasteiger partial charge in [-0.25, -0.2) is 0 Å². The second kappa shape index (κ2) is 21.5. The van der Waals surface area contributed by atoms with Gasteiger partial charge in [0.05, 0.1) is 0 Å². The van der Waals surface area contributed by atoms with Crippen LogP contribution in [-0.2, 0) is 0 Å². The van der Waals surface area contributed by atoms with Gasteiger partial charge in [-0.3, -0.25) is 0 Å². The third-order valence-corrected chi connectivity index (χ3v) is 0. The van der Waals surface area contributed by atoms with Crippen molar-refractivity contribution < 1.29 is 0 Å². The zero-order valence-corrected chi connectivity index (χ0v) is 6.12. The van der Waals surface area contributed by atoms with E-state index in [1.807, 2.05) is 14.1 Å². The van der Waals surface area contributed by atoms with Crippen LogP contribution in [-0.4, -0.2) is 14.1 Å². The molecule has 0 aromatic heterocycles. The lowest BCUT2D eigenvalue weighted by atomic mass is 11.3. The summed E-state index contributed by atoms with van der Waals surface area (Å²) in [6.07, 6.45) is 0. The number of nitrogens with one attached hydrogen (secondary N) is 1. The van der Waals surface area contributed by atoms with Crippen LogP contribution in [0.3, 0.4) is 0 Å². The molecule has 0 fully saturated rings. The highest BCUT2D eigenvalue weighted by Gasteiger charge is 1.25. The average Bonchev–Trinajstić information content (AvgIpc) is 0.918. The van der Waals surface area contributed by atoms with Crippen molar-refractivity contribution in [3.8, 4) is 0 Å². The summed E-state index contributed by atoms with van der Waals surface area (Å²) >= 11 is 0. The molecule has 0 aromatic rings. The molecule has 0 aliphatic carbocycles. The summed E-state index contributed by atoms with van der Waals surface area (Å²) < 4.78 is 0. The van der Waals surface area contributed by atoms with Crippen LogP contribution in [0.1, 0.15) is 0 Å². The molecule has 0 aromatic carbocycles. The topological polar surface area (TPSA) is 12.0 Å². The second-order valence-electron chi connectivity index (χ2n) is 0.500. The molecule has 0 saturated heterocycles. The molecule has 5 heavy (non-hydrogen) atoms. The quantitative estimate of drug-likeness (QED) is 0.545. The van der Waals surface area contributed by atoms with E-state index in [-0.39, 0.29) is 30.5 Å². The molecule has 0 saturated carbocycles. The highest BCUT2D eigenvalue weighted by atomic mass is 79.9. The molecule has 0 aliphatic rings. The minimum Gasteiger partial charge on any atom is -0.323 e. The van der Waals surface area contributed by atoms with Crippen LogP contribution >= 0.6 is 30.5 Å². The number of hydrogen-bond donors (Lipinski definition) is 1. The third-order valence-electron chi connectivity index (χ3n) is 0. The van der Waals surface area contributed by atoms with Crippen molar-refractivity contribution in [1.29, 1.82) is 0 Å². The molecular weight excluding hydrogens is 150 g/mol. The van der Waals surface area contributed by atoms with Crippen molar-refractivity contribution in [2.45, 2.75) is 0 Å². The standard InChI is InChI=1S/C2H7N.BrH.H2S/c1-3-2;;/h3H,1-2H3;1H;1H2. The van der Waals surface area contributed by atoms with Gasteiger partial charge in [0.2, 0.25) is 0 Å². The molecule has 0 radical (unpaired) electrons. The van der Waals surface area contributed by atoms with Gasteiger partial charge in [0.1, 0.15) is 0 Å². The predicted octanol–water partition coefficient (Wildman–Crippen LogP) is 0.526. The van der Waals surface area contributed by atoms with E-state index in [0.29, 0.717) is 0 Å². The fourth-order valence-electron chi connectivity index (χ4n) is 0. The van der Waals surface area contributed by atoms with E-state index in [9.17, 15) is 0 Å². The molecule has 0 heterocycles. The predicted molar refractivity (Wildman–Crippen MR) is 35.7 cm³/mol. The van der Waals surface area contributed by atoms with Gasteiger partial charge in [-0.1, -0.05) is 0 Å². The summed E-state index contributed by atoms with van der Waals surface area (Å²) in [4.78, 5) is 0. The van der Waals surface area contributed by atoms with Crippen molar-refractivity contribution in [2.24, 2.45) is 0 Å². The van der Waals surface area contributed by atoms with Crippen LogP contribution < -0.4 is 5.32 Å². The minimum atomic E-state index is 0. The zero-order chi connectivity index (χ0) is 2.71. The molecule has 0 unspecified atom stereocenters. The van der Waals surface area contributed by atoms with Crippen LogP contribution in [0.15, 0.2) is 0 Å². The summed E-state index contributed by atoms with van der Waals surface area (Å²) in [6.45, 7) is 0. The maximum atomic E-state index is 2.75. The first kappa shape index (κ1) is 17.1. The van der Waals surface area contributed by atoms with E-state index in [4.69, 9.17) is 0 Å². The zero-order valence-electron chi connectivity index (χ0n) is 3.41. The van der Waals surface area contributed by atoms with E-state index >= 15 is 0 Å². The van der Waals surface area contributed by atoms with Gasteiger partial charge < -0.3 is 5.32 Å².